The van der Waals surface area contributed by atoms with Crippen LogP contribution in [0, 0.1) is 18.3 Å². The van der Waals surface area contributed by atoms with Gasteiger partial charge < -0.3 is 4.74 Å². The summed E-state index contributed by atoms with van der Waals surface area (Å²) in [5.41, 5.74) is 3.53. The molecule has 0 atom stereocenters. The van der Waals surface area contributed by atoms with Crippen molar-refractivity contribution < 1.29 is 4.74 Å². The van der Waals surface area contributed by atoms with E-state index < -0.39 is 0 Å². The summed E-state index contributed by atoms with van der Waals surface area (Å²) in [5, 5.41) is 9.28. The lowest BCUT2D eigenvalue weighted by atomic mass is 9.95. The predicted molar refractivity (Wildman–Crippen MR) is 74.6 cm³/mol. The molecule has 0 radical (unpaired) electrons. The smallest absolute Gasteiger partial charge is 0.237 e. The van der Waals surface area contributed by atoms with E-state index in [9.17, 15) is 5.26 Å². The van der Waals surface area contributed by atoms with Crippen LogP contribution in [0.2, 0.25) is 0 Å². The number of hydrogen-bond donors (Lipinski definition) is 0. The van der Waals surface area contributed by atoms with E-state index in [1.807, 2.05) is 25.1 Å². The average molecular weight is 265 g/mol. The monoisotopic (exact) mass is 265 g/mol. The van der Waals surface area contributed by atoms with Crippen molar-refractivity contribution in [1.29, 1.82) is 5.26 Å². The van der Waals surface area contributed by atoms with E-state index in [0.29, 0.717) is 17.2 Å². The number of aromatic nitrogens is 2. The lowest BCUT2D eigenvalue weighted by Crippen LogP contribution is -2.07. The van der Waals surface area contributed by atoms with Crippen LogP contribution >= 0.6 is 0 Å². The maximum atomic E-state index is 9.28. The first kappa shape index (κ1) is 12.6. The maximum absolute atomic E-state index is 9.28. The Morgan fingerprint density at radius 2 is 2.15 bits per heavy atom. The van der Waals surface area contributed by atoms with Gasteiger partial charge in [0.2, 0.25) is 5.88 Å². The largest absolute Gasteiger partial charge is 0.436 e. The molecule has 0 aliphatic heterocycles. The fourth-order valence-corrected chi connectivity index (χ4v) is 2.45. The molecule has 2 aromatic rings. The number of pyridine rings is 2. The fourth-order valence-electron chi connectivity index (χ4n) is 2.45. The minimum atomic E-state index is 0.393. The zero-order chi connectivity index (χ0) is 13.9. The van der Waals surface area contributed by atoms with Gasteiger partial charge in [-0.05, 0) is 56.4 Å². The summed E-state index contributed by atoms with van der Waals surface area (Å²) in [5.74, 6) is 1.04. The van der Waals surface area contributed by atoms with Crippen LogP contribution in [0.5, 0.6) is 11.6 Å². The molecular weight excluding hydrogens is 250 g/mol. The van der Waals surface area contributed by atoms with Crippen LogP contribution < -0.4 is 4.74 Å². The van der Waals surface area contributed by atoms with E-state index in [0.717, 1.165) is 30.7 Å². The molecular formula is C16H15N3O. The highest BCUT2D eigenvalue weighted by molar-refractivity contribution is 5.45. The van der Waals surface area contributed by atoms with E-state index in [-0.39, 0.29) is 0 Å². The summed E-state index contributed by atoms with van der Waals surface area (Å²) in [6, 6.07) is 7.75. The second kappa shape index (κ2) is 5.30. The van der Waals surface area contributed by atoms with Gasteiger partial charge in [-0.2, -0.15) is 5.26 Å². The molecule has 0 bridgehead atoms. The molecule has 2 heterocycles. The van der Waals surface area contributed by atoms with Crippen molar-refractivity contribution in [2.24, 2.45) is 0 Å². The molecule has 0 aromatic carbocycles. The van der Waals surface area contributed by atoms with Gasteiger partial charge in [-0.25, -0.2) is 4.98 Å². The second-order valence-corrected chi connectivity index (χ2v) is 4.95. The Balaban J connectivity index is 2.01. The highest BCUT2D eigenvalue weighted by Crippen LogP contribution is 2.29. The molecule has 0 amide bonds. The van der Waals surface area contributed by atoms with Gasteiger partial charge in [-0.3, -0.25) is 4.98 Å². The van der Waals surface area contributed by atoms with E-state index in [1.165, 1.54) is 12.0 Å². The standard InChI is InChI=1S/C16H15N3O/c1-11-15(7-4-8-18-11)20-16-13(10-17)9-12-5-2-3-6-14(12)19-16/h4,7-9H,2-3,5-6H2,1H3. The first-order valence-corrected chi connectivity index (χ1v) is 6.80. The Morgan fingerprint density at radius 3 is 2.95 bits per heavy atom. The molecule has 1 aliphatic carbocycles. The van der Waals surface area contributed by atoms with Crippen LogP contribution in [0.25, 0.3) is 0 Å². The van der Waals surface area contributed by atoms with Crippen LogP contribution in [0.3, 0.4) is 0 Å². The van der Waals surface area contributed by atoms with Crippen molar-refractivity contribution in [2.45, 2.75) is 32.6 Å². The molecule has 0 unspecified atom stereocenters. The molecule has 0 saturated heterocycles. The molecule has 20 heavy (non-hydrogen) atoms. The second-order valence-electron chi connectivity index (χ2n) is 4.95. The normalized spacial score (nSPS) is 13.4. The lowest BCUT2D eigenvalue weighted by molar-refractivity contribution is 0.450. The van der Waals surface area contributed by atoms with Crippen molar-refractivity contribution in [2.75, 3.05) is 0 Å². The molecule has 0 spiro atoms. The fraction of sp³-hybridized carbons (Fsp3) is 0.312. The predicted octanol–water partition coefficient (Wildman–Crippen LogP) is 3.33. The van der Waals surface area contributed by atoms with Crippen molar-refractivity contribution in [3.05, 3.63) is 46.9 Å². The Hall–Kier alpha value is -2.41. The van der Waals surface area contributed by atoms with Gasteiger partial charge in [0.05, 0.1) is 5.69 Å². The van der Waals surface area contributed by atoms with Crippen LogP contribution in [-0.4, -0.2) is 9.97 Å². The zero-order valence-corrected chi connectivity index (χ0v) is 11.4. The SMILES string of the molecule is Cc1ncccc1Oc1nc2c(cc1C#N)CCCC2. The topological polar surface area (TPSA) is 58.8 Å². The van der Waals surface area contributed by atoms with Crippen molar-refractivity contribution in [1.82, 2.24) is 9.97 Å². The van der Waals surface area contributed by atoms with Gasteiger partial charge in [0.25, 0.3) is 0 Å². The van der Waals surface area contributed by atoms with Gasteiger partial charge in [0.1, 0.15) is 11.6 Å². The number of aryl methyl sites for hydroxylation is 3. The summed E-state index contributed by atoms with van der Waals surface area (Å²) in [6.45, 7) is 1.87. The van der Waals surface area contributed by atoms with E-state index in [1.54, 1.807) is 6.20 Å². The van der Waals surface area contributed by atoms with E-state index >= 15 is 0 Å². The molecule has 0 N–H and O–H groups in total. The summed E-state index contributed by atoms with van der Waals surface area (Å²) in [4.78, 5) is 8.73. The molecule has 4 heteroatoms. The molecule has 3 rings (SSSR count). The number of nitrogens with zero attached hydrogens (tertiary/aromatic N) is 3. The van der Waals surface area contributed by atoms with E-state index in [2.05, 4.69) is 16.0 Å². The van der Waals surface area contributed by atoms with Crippen LogP contribution in [-0.2, 0) is 12.8 Å². The Kier molecular flexibility index (Phi) is 3.34. The van der Waals surface area contributed by atoms with Crippen LogP contribution in [0.4, 0.5) is 0 Å². The van der Waals surface area contributed by atoms with Gasteiger partial charge in [-0.1, -0.05) is 0 Å². The number of nitriles is 1. The third-order valence-corrected chi connectivity index (χ3v) is 3.55. The van der Waals surface area contributed by atoms with Gasteiger partial charge in [0.15, 0.2) is 5.75 Å². The van der Waals surface area contributed by atoms with Gasteiger partial charge in [0, 0.05) is 11.9 Å². The minimum absolute atomic E-state index is 0.393. The van der Waals surface area contributed by atoms with Crippen molar-refractivity contribution in [3.63, 3.8) is 0 Å². The third kappa shape index (κ3) is 2.35. The zero-order valence-electron chi connectivity index (χ0n) is 11.4. The molecule has 100 valence electrons. The Labute approximate surface area is 118 Å². The first-order chi connectivity index (χ1) is 9.78. The number of fused-ring (bicyclic) bond motifs is 1. The van der Waals surface area contributed by atoms with Crippen LogP contribution in [0.1, 0.15) is 35.4 Å². The Morgan fingerprint density at radius 1 is 1.30 bits per heavy atom. The summed E-state index contributed by atoms with van der Waals surface area (Å²) in [7, 11) is 0. The van der Waals surface area contributed by atoms with Crippen molar-refractivity contribution in [3.8, 4) is 17.7 Å². The van der Waals surface area contributed by atoms with E-state index in [4.69, 9.17) is 4.74 Å². The third-order valence-electron chi connectivity index (χ3n) is 3.55. The average Bonchev–Trinajstić information content (AvgIpc) is 2.49. The number of hydrogen-bond acceptors (Lipinski definition) is 4. The molecule has 1 aliphatic rings. The lowest BCUT2D eigenvalue weighted by Gasteiger charge is -2.17. The Bertz CT molecular complexity index is 689. The van der Waals surface area contributed by atoms with Crippen LogP contribution in [0.15, 0.2) is 24.4 Å². The highest BCUT2D eigenvalue weighted by atomic mass is 16.5. The maximum Gasteiger partial charge on any atom is 0.237 e. The quantitative estimate of drug-likeness (QED) is 0.835. The molecule has 2 aromatic heterocycles. The summed E-state index contributed by atoms with van der Waals surface area (Å²) in [6.07, 6.45) is 6.00. The first-order valence-electron chi connectivity index (χ1n) is 6.80. The highest BCUT2D eigenvalue weighted by Gasteiger charge is 2.17. The number of rotatable bonds is 2. The summed E-state index contributed by atoms with van der Waals surface area (Å²) < 4.78 is 5.80. The van der Waals surface area contributed by atoms with Gasteiger partial charge in [-0.15, -0.1) is 0 Å². The summed E-state index contributed by atoms with van der Waals surface area (Å²) >= 11 is 0. The van der Waals surface area contributed by atoms with Gasteiger partial charge >= 0.3 is 0 Å². The molecule has 0 fully saturated rings. The van der Waals surface area contributed by atoms with Crippen molar-refractivity contribution >= 4 is 0 Å². The number of ether oxygens (including phenoxy) is 1. The molecule has 4 nitrogen and oxygen atoms in total. The molecule has 0 saturated carbocycles. The minimum Gasteiger partial charge on any atom is -0.436 e.